The molecule has 0 aromatic carbocycles. The number of hydrogen-bond donors (Lipinski definition) is 1. The average Bonchev–Trinajstić information content (AvgIpc) is 2.51. The zero-order valence-corrected chi connectivity index (χ0v) is 9.51. The summed E-state index contributed by atoms with van der Waals surface area (Å²) >= 11 is 0. The molecule has 0 fully saturated rings. The molecule has 80 valence electrons. The Morgan fingerprint density at radius 2 is 2.43 bits per heavy atom. The van der Waals surface area contributed by atoms with Gasteiger partial charge in [0.15, 0.2) is 0 Å². The van der Waals surface area contributed by atoms with Gasteiger partial charge in [-0.05, 0) is 13.0 Å². The van der Waals surface area contributed by atoms with Gasteiger partial charge in [0.05, 0.1) is 12.0 Å². The van der Waals surface area contributed by atoms with Crippen LogP contribution in [0.5, 0.6) is 0 Å². The Labute approximate surface area is 87.2 Å². The van der Waals surface area contributed by atoms with E-state index in [0.29, 0.717) is 0 Å². The first-order chi connectivity index (χ1) is 6.70. The van der Waals surface area contributed by atoms with E-state index in [0.717, 1.165) is 25.3 Å². The van der Waals surface area contributed by atoms with Crippen molar-refractivity contribution in [1.29, 1.82) is 0 Å². The average molecular weight is 215 g/mol. The van der Waals surface area contributed by atoms with Crippen LogP contribution in [-0.2, 0) is 24.4 Å². The second-order valence-corrected chi connectivity index (χ2v) is 4.86. The largest absolute Gasteiger partial charge is 0.337 e. The van der Waals surface area contributed by atoms with Gasteiger partial charge in [0.2, 0.25) is 0 Å². The van der Waals surface area contributed by atoms with E-state index in [1.807, 2.05) is 17.8 Å². The zero-order valence-electron chi connectivity index (χ0n) is 8.69. The van der Waals surface area contributed by atoms with Gasteiger partial charge in [0, 0.05) is 42.6 Å². The molecule has 1 aromatic heterocycles. The first kappa shape index (κ1) is 11.4. The van der Waals surface area contributed by atoms with Crippen molar-refractivity contribution >= 4 is 10.8 Å². The van der Waals surface area contributed by atoms with Crippen molar-refractivity contribution in [3.05, 3.63) is 18.2 Å². The topological polar surface area (TPSA) is 46.9 Å². The molecule has 1 unspecified atom stereocenters. The number of imidazole rings is 1. The third-order valence-corrected chi connectivity index (χ3v) is 2.87. The van der Waals surface area contributed by atoms with Crippen LogP contribution in [0.1, 0.15) is 12.1 Å². The molecule has 0 saturated heterocycles. The van der Waals surface area contributed by atoms with Crippen LogP contribution in [0.15, 0.2) is 12.5 Å². The predicted octanol–water partition coefficient (Wildman–Crippen LogP) is 0.278. The zero-order chi connectivity index (χ0) is 10.4. The van der Waals surface area contributed by atoms with Crippen molar-refractivity contribution in [2.45, 2.75) is 13.0 Å². The minimum Gasteiger partial charge on any atom is -0.337 e. The summed E-state index contributed by atoms with van der Waals surface area (Å²) in [5, 5.41) is 3.29. The molecule has 1 aromatic rings. The molecule has 0 aliphatic rings. The standard InChI is InChI=1S/C9H17N3OS/c1-12-8-11-7-9(12)6-10-4-3-5-14(2)13/h7-8,10H,3-6H2,1-2H3. The van der Waals surface area contributed by atoms with Crippen molar-refractivity contribution < 1.29 is 4.21 Å². The number of hydrogen-bond acceptors (Lipinski definition) is 3. The van der Waals surface area contributed by atoms with Crippen LogP contribution in [0.2, 0.25) is 0 Å². The second kappa shape index (κ2) is 5.93. The van der Waals surface area contributed by atoms with E-state index in [4.69, 9.17) is 0 Å². The normalized spacial score (nSPS) is 13.0. The van der Waals surface area contributed by atoms with Gasteiger partial charge in [-0.1, -0.05) is 0 Å². The Hall–Kier alpha value is -0.680. The third-order valence-electron chi connectivity index (χ3n) is 2.01. The summed E-state index contributed by atoms with van der Waals surface area (Å²) in [4.78, 5) is 4.02. The van der Waals surface area contributed by atoms with Gasteiger partial charge in [-0.3, -0.25) is 4.21 Å². The Kier molecular flexibility index (Phi) is 4.82. The van der Waals surface area contributed by atoms with Gasteiger partial charge in [-0.15, -0.1) is 0 Å². The minimum atomic E-state index is -0.668. The van der Waals surface area contributed by atoms with Crippen molar-refractivity contribution in [3.8, 4) is 0 Å². The third kappa shape index (κ3) is 4.02. The molecule has 1 N–H and O–H groups in total. The molecular formula is C9H17N3OS. The molecule has 0 aliphatic carbocycles. The first-order valence-electron chi connectivity index (χ1n) is 4.66. The van der Waals surface area contributed by atoms with Gasteiger partial charge in [0.25, 0.3) is 0 Å². The number of aryl methyl sites for hydroxylation is 1. The maximum absolute atomic E-state index is 10.8. The van der Waals surface area contributed by atoms with Crippen molar-refractivity contribution in [1.82, 2.24) is 14.9 Å². The molecule has 0 amide bonds. The smallest absolute Gasteiger partial charge is 0.0945 e. The molecular weight excluding hydrogens is 198 g/mol. The number of nitrogens with zero attached hydrogens (tertiary/aromatic N) is 2. The van der Waals surface area contributed by atoms with Crippen LogP contribution in [0, 0.1) is 0 Å². The highest BCUT2D eigenvalue weighted by atomic mass is 32.2. The van der Waals surface area contributed by atoms with Crippen LogP contribution < -0.4 is 5.32 Å². The van der Waals surface area contributed by atoms with E-state index in [-0.39, 0.29) is 0 Å². The van der Waals surface area contributed by atoms with Crippen LogP contribution in [0.25, 0.3) is 0 Å². The van der Waals surface area contributed by atoms with Crippen LogP contribution in [0.3, 0.4) is 0 Å². The molecule has 14 heavy (non-hydrogen) atoms. The molecule has 1 heterocycles. The lowest BCUT2D eigenvalue weighted by atomic mass is 10.4. The van der Waals surface area contributed by atoms with Crippen LogP contribution in [0.4, 0.5) is 0 Å². The fourth-order valence-electron chi connectivity index (χ4n) is 1.17. The summed E-state index contributed by atoms with van der Waals surface area (Å²) < 4.78 is 12.7. The Morgan fingerprint density at radius 1 is 1.64 bits per heavy atom. The van der Waals surface area contributed by atoms with Gasteiger partial charge in [-0.2, -0.15) is 0 Å². The maximum Gasteiger partial charge on any atom is 0.0945 e. The molecule has 1 atom stereocenters. The van der Waals surface area contributed by atoms with Crippen molar-refractivity contribution in [2.75, 3.05) is 18.6 Å². The minimum absolute atomic E-state index is 0.668. The Balaban J connectivity index is 2.10. The van der Waals surface area contributed by atoms with Gasteiger partial charge in [-0.25, -0.2) is 4.98 Å². The van der Waals surface area contributed by atoms with Crippen molar-refractivity contribution in [3.63, 3.8) is 0 Å². The summed E-state index contributed by atoms with van der Waals surface area (Å²) in [5.74, 6) is 0.776. The lowest BCUT2D eigenvalue weighted by Crippen LogP contribution is -2.18. The quantitative estimate of drug-likeness (QED) is 0.693. The molecule has 5 heteroatoms. The summed E-state index contributed by atoms with van der Waals surface area (Å²) in [6.07, 6.45) is 6.34. The highest BCUT2D eigenvalue weighted by Gasteiger charge is 1.97. The lowest BCUT2D eigenvalue weighted by Gasteiger charge is -2.04. The van der Waals surface area contributed by atoms with Crippen molar-refractivity contribution in [2.24, 2.45) is 7.05 Å². The maximum atomic E-state index is 10.8. The van der Waals surface area contributed by atoms with E-state index in [2.05, 4.69) is 10.3 Å². The molecule has 0 saturated carbocycles. The molecule has 0 radical (unpaired) electrons. The van der Waals surface area contributed by atoms with E-state index in [9.17, 15) is 4.21 Å². The Bertz CT molecular complexity index is 298. The molecule has 4 nitrogen and oxygen atoms in total. The monoisotopic (exact) mass is 215 g/mol. The van der Waals surface area contributed by atoms with Gasteiger partial charge >= 0.3 is 0 Å². The highest BCUT2D eigenvalue weighted by molar-refractivity contribution is 7.84. The van der Waals surface area contributed by atoms with Gasteiger partial charge in [0.1, 0.15) is 0 Å². The molecule has 1 rings (SSSR count). The first-order valence-corrected chi connectivity index (χ1v) is 6.39. The van der Waals surface area contributed by atoms with Gasteiger partial charge < -0.3 is 9.88 Å². The highest BCUT2D eigenvalue weighted by Crippen LogP contribution is 1.94. The number of nitrogens with one attached hydrogen (secondary N) is 1. The van der Waals surface area contributed by atoms with E-state index < -0.39 is 10.8 Å². The Morgan fingerprint density at radius 3 is 3.00 bits per heavy atom. The SMILES string of the molecule is Cn1cncc1CNCCCS(C)=O. The van der Waals surface area contributed by atoms with E-state index in [1.54, 1.807) is 12.6 Å². The van der Waals surface area contributed by atoms with Crippen LogP contribution in [-0.4, -0.2) is 32.3 Å². The summed E-state index contributed by atoms with van der Waals surface area (Å²) in [6, 6.07) is 0. The molecule has 0 bridgehead atoms. The molecule has 0 aliphatic heterocycles. The fourth-order valence-corrected chi connectivity index (χ4v) is 1.72. The number of aromatic nitrogens is 2. The summed E-state index contributed by atoms with van der Waals surface area (Å²) in [7, 11) is 1.31. The lowest BCUT2D eigenvalue weighted by molar-refractivity contribution is 0.640. The van der Waals surface area contributed by atoms with Crippen LogP contribution >= 0.6 is 0 Å². The summed E-state index contributed by atoms with van der Waals surface area (Å²) in [5.41, 5.74) is 1.17. The summed E-state index contributed by atoms with van der Waals surface area (Å²) in [6.45, 7) is 1.73. The number of rotatable bonds is 6. The fraction of sp³-hybridized carbons (Fsp3) is 0.667. The second-order valence-electron chi connectivity index (χ2n) is 3.30. The molecule has 0 spiro atoms. The van der Waals surface area contributed by atoms with E-state index >= 15 is 0 Å². The van der Waals surface area contributed by atoms with E-state index in [1.165, 1.54) is 5.69 Å². The predicted molar refractivity (Wildman–Crippen MR) is 58.5 cm³/mol.